The van der Waals surface area contributed by atoms with Crippen molar-refractivity contribution in [1.29, 1.82) is 0 Å². The summed E-state index contributed by atoms with van der Waals surface area (Å²) in [5, 5.41) is 6.28. The van der Waals surface area contributed by atoms with Crippen molar-refractivity contribution in [3.63, 3.8) is 0 Å². The van der Waals surface area contributed by atoms with Crippen LogP contribution in [-0.4, -0.2) is 31.1 Å². The lowest BCUT2D eigenvalue weighted by atomic mass is 10.1. The third-order valence-electron chi connectivity index (χ3n) is 1.97. The van der Waals surface area contributed by atoms with Crippen LogP contribution in [0.25, 0.3) is 0 Å². The molecule has 0 saturated carbocycles. The smallest absolute Gasteiger partial charge is 0.234 e. The number of primary amides is 1. The molecule has 0 aromatic heterocycles. The zero-order chi connectivity index (χ0) is 8.27. The van der Waals surface area contributed by atoms with E-state index < -0.39 is 0 Å². The van der Waals surface area contributed by atoms with Crippen molar-refractivity contribution in [3.8, 4) is 0 Å². The minimum absolute atomic E-state index is 0.151. The molecule has 0 spiro atoms. The van der Waals surface area contributed by atoms with Crippen molar-refractivity contribution in [2.24, 2.45) is 5.73 Å². The average molecular weight is 157 g/mol. The van der Waals surface area contributed by atoms with Crippen LogP contribution in [0.1, 0.15) is 13.3 Å². The number of rotatable bonds is 4. The van der Waals surface area contributed by atoms with Crippen molar-refractivity contribution in [2.45, 2.75) is 25.4 Å². The van der Waals surface area contributed by atoms with Crippen molar-refractivity contribution >= 4 is 5.91 Å². The van der Waals surface area contributed by atoms with Crippen molar-refractivity contribution in [1.82, 2.24) is 10.6 Å². The second-order valence-corrected chi connectivity index (χ2v) is 2.89. The van der Waals surface area contributed by atoms with Crippen LogP contribution in [0.4, 0.5) is 0 Å². The number of amides is 1. The van der Waals surface area contributed by atoms with E-state index in [9.17, 15) is 4.79 Å². The lowest BCUT2D eigenvalue weighted by Crippen LogP contribution is -2.60. The number of carbonyl (C=O) groups is 1. The van der Waals surface area contributed by atoms with Gasteiger partial charge in [0.2, 0.25) is 5.91 Å². The van der Waals surface area contributed by atoms with Gasteiger partial charge in [-0.1, -0.05) is 6.92 Å². The van der Waals surface area contributed by atoms with Crippen LogP contribution in [0, 0.1) is 0 Å². The lowest BCUT2D eigenvalue weighted by Gasteiger charge is -2.30. The molecule has 0 aromatic rings. The summed E-state index contributed by atoms with van der Waals surface area (Å²) in [6, 6.07) is 0.287. The normalized spacial score (nSPS) is 20.8. The molecule has 4 nitrogen and oxygen atoms in total. The molecule has 4 N–H and O–H groups in total. The standard InChI is InChI=1S/C7H15N3O/c1-2-6(7(8)11)10-5-3-9-4-5/h5-6,9-10H,2-4H2,1H3,(H2,8,11). The predicted octanol–water partition coefficient (Wildman–Crippen LogP) is -1.19. The average Bonchev–Trinajstić information content (AvgIpc) is 1.85. The van der Waals surface area contributed by atoms with Gasteiger partial charge in [0.15, 0.2) is 0 Å². The van der Waals surface area contributed by atoms with E-state index >= 15 is 0 Å². The molecule has 1 atom stereocenters. The monoisotopic (exact) mass is 157 g/mol. The summed E-state index contributed by atoms with van der Waals surface area (Å²) in [6.45, 7) is 3.85. The largest absolute Gasteiger partial charge is 0.368 e. The summed E-state index contributed by atoms with van der Waals surface area (Å²) >= 11 is 0. The summed E-state index contributed by atoms with van der Waals surface area (Å²) in [7, 11) is 0. The van der Waals surface area contributed by atoms with Gasteiger partial charge < -0.3 is 16.4 Å². The summed E-state index contributed by atoms with van der Waals surface area (Å²) in [5.41, 5.74) is 5.15. The van der Waals surface area contributed by atoms with Gasteiger partial charge in [-0.15, -0.1) is 0 Å². The first kappa shape index (κ1) is 8.49. The van der Waals surface area contributed by atoms with E-state index in [2.05, 4.69) is 10.6 Å². The molecular formula is C7H15N3O. The van der Waals surface area contributed by atoms with E-state index in [-0.39, 0.29) is 11.9 Å². The second-order valence-electron chi connectivity index (χ2n) is 2.89. The fourth-order valence-corrected chi connectivity index (χ4v) is 1.09. The van der Waals surface area contributed by atoms with Crippen LogP contribution in [-0.2, 0) is 4.79 Å². The molecule has 1 unspecified atom stereocenters. The van der Waals surface area contributed by atoms with Gasteiger partial charge in [0.05, 0.1) is 6.04 Å². The number of hydrogen-bond acceptors (Lipinski definition) is 3. The van der Waals surface area contributed by atoms with Gasteiger partial charge in [0.1, 0.15) is 0 Å². The summed E-state index contributed by atoms with van der Waals surface area (Å²) in [5.74, 6) is -0.251. The Morgan fingerprint density at radius 1 is 1.82 bits per heavy atom. The molecule has 0 radical (unpaired) electrons. The van der Waals surface area contributed by atoms with Crippen molar-refractivity contribution in [2.75, 3.05) is 13.1 Å². The molecule has 1 aliphatic rings. The Kier molecular flexibility index (Phi) is 2.84. The van der Waals surface area contributed by atoms with Crippen LogP contribution >= 0.6 is 0 Å². The molecule has 0 bridgehead atoms. The maximum atomic E-state index is 10.7. The van der Waals surface area contributed by atoms with Crippen LogP contribution in [0.5, 0.6) is 0 Å². The molecule has 1 rings (SSSR count). The third-order valence-corrected chi connectivity index (χ3v) is 1.97. The van der Waals surface area contributed by atoms with Crippen LogP contribution in [0.2, 0.25) is 0 Å². The Morgan fingerprint density at radius 3 is 2.73 bits per heavy atom. The van der Waals surface area contributed by atoms with Crippen molar-refractivity contribution < 1.29 is 4.79 Å². The number of carbonyl (C=O) groups excluding carboxylic acids is 1. The minimum atomic E-state index is -0.251. The van der Waals surface area contributed by atoms with Gasteiger partial charge >= 0.3 is 0 Å². The molecule has 4 heteroatoms. The quantitative estimate of drug-likeness (QED) is 0.481. The molecule has 1 amide bonds. The highest BCUT2D eigenvalue weighted by molar-refractivity contribution is 5.79. The maximum absolute atomic E-state index is 10.7. The van der Waals surface area contributed by atoms with E-state index in [0.29, 0.717) is 6.04 Å². The number of nitrogens with one attached hydrogen (secondary N) is 2. The maximum Gasteiger partial charge on any atom is 0.234 e. The predicted molar refractivity (Wildman–Crippen MR) is 43.1 cm³/mol. The minimum Gasteiger partial charge on any atom is -0.368 e. The Morgan fingerprint density at radius 2 is 2.45 bits per heavy atom. The van der Waals surface area contributed by atoms with E-state index in [1.807, 2.05) is 6.92 Å². The first-order chi connectivity index (χ1) is 5.24. The van der Waals surface area contributed by atoms with Gasteiger partial charge in [0.25, 0.3) is 0 Å². The SMILES string of the molecule is CCC(NC1CNC1)C(N)=O. The molecule has 11 heavy (non-hydrogen) atoms. The van der Waals surface area contributed by atoms with E-state index in [0.717, 1.165) is 19.5 Å². The molecular weight excluding hydrogens is 142 g/mol. The number of nitrogens with two attached hydrogens (primary N) is 1. The van der Waals surface area contributed by atoms with Gasteiger partial charge in [-0.05, 0) is 6.42 Å². The molecule has 1 fully saturated rings. The topological polar surface area (TPSA) is 67.2 Å². The van der Waals surface area contributed by atoms with Crippen LogP contribution in [0.3, 0.4) is 0 Å². The molecule has 1 heterocycles. The molecule has 0 aliphatic carbocycles. The first-order valence-electron chi connectivity index (χ1n) is 4.00. The molecule has 0 aromatic carbocycles. The second kappa shape index (κ2) is 3.69. The Bertz CT molecular complexity index is 145. The summed E-state index contributed by atoms with van der Waals surface area (Å²) < 4.78 is 0. The van der Waals surface area contributed by atoms with Crippen molar-refractivity contribution in [3.05, 3.63) is 0 Å². The van der Waals surface area contributed by atoms with Gasteiger partial charge in [0, 0.05) is 19.1 Å². The Labute approximate surface area is 66.5 Å². The zero-order valence-electron chi connectivity index (χ0n) is 6.76. The fourth-order valence-electron chi connectivity index (χ4n) is 1.09. The summed E-state index contributed by atoms with van der Waals surface area (Å²) in [6.07, 6.45) is 0.770. The number of hydrogen-bond donors (Lipinski definition) is 3. The van der Waals surface area contributed by atoms with E-state index in [1.165, 1.54) is 0 Å². The third kappa shape index (κ3) is 2.17. The fraction of sp³-hybridized carbons (Fsp3) is 0.857. The highest BCUT2D eigenvalue weighted by Crippen LogP contribution is 1.96. The van der Waals surface area contributed by atoms with E-state index in [4.69, 9.17) is 5.73 Å². The zero-order valence-corrected chi connectivity index (χ0v) is 6.76. The highest BCUT2D eigenvalue weighted by Gasteiger charge is 2.22. The van der Waals surface area contributed by atoms with Gasteiger partial charge in [-0.2, -0.15) is 0 Å². The molecule has 1 aliphatic heterocycles. The van der Waals surface area contributed by atoms with Crippen LogP contribution < -0.4 is 16.4 Å². The van der Waals surface area contributed by atoms with Gasteiger partial charge in [-0.3, -0.25) is 4.79 Å². The van der Waals surface area contributed by atoms with E-state index in [1.54, 1.807) is 0 Å². The Hall–Kier alpha value is -0.610. The molecule has 1 saturated heterocycles. The lowest BCUT2D eigenvalue weighted by molar-refractivity contribution is -0.120. The van der Waals surface area contributed by atoms with Gasteiger partial charge in [-0.25, -0.2) is 0 Å². The first-order valence-corrected chi connectivity index (χ1v) is 4.00. The highest BCUT2D eigenvalue weighted by atomic mass is 16.1. The summed E-state index contributed by atoms with van der Waals surface area (Å²) in [4.78, 5) is 10.7. The Balaban J connectivity index is 2.24. The van der Waals surface area contributed by atoms with Crippen LogP contribution in [0.15, 0.2) is 0 Å². The molecule has 64 valence electrons.